The molecule has 1 unspecified atom stereocenters. The van der Waals surface area contributed by atoms with Crippen molar-refractivity contribution < 1.29 is 9.31 Å². The van der Waals surface area contributed by atoms with Gasteiger partial charge in [0.15, 0.2) is 0 Å². The fourth-order valence-electron chi connectivity index (χ4n) is 2.20. The van der Waals surface area contributed by atoms with Crippen LogP contribution in [0.4, 0.5) is 15.8 Å². The number of nitrogens with zero attached hydrogens (tertiary/aromatic N) is 1. The summed E-state index contributed by atoms with van der Waals surface area (Å²) in [7, 11) is 0. The molecular formula is C12H15ClFN3O2. The van der Waals surface area contributed by atoms with Crippen LogP contribution >= 0.6 is 11.6 Å². The van der Waals surface area contributed by atoms with Gasteiger partial charge in [0.25, 0.3) is 5.69 Å². The monoisotopic (exact) mass is 287 g/mol. The summed E-state index contributed by atoms with van der Waals surface area (Å²) in [5.74, 6) is -0.0824. The predicted molar refractivity (Wildman–Crippen MR) is 72.1 cm³/mol. The fourth-order valence-corrected chi connectivity index (χ4v) is 2.36. The van der Waals surface area contributed by atoms with Crippen molar-refractivity contribution in [1.82, 2.24) is 5.32 Å². The molecule has 1 aliphatic rings. The first kappa shape index (κ1) is 14.0. The van der Waals surface area contributed by atoms with Gasteiger partial charge in [-0.2, -0.15) is 0 Å². The lowest BCUT2D eigenvalue weighted by Crippen LogP contribution is -2.13. The number of nitro benzene ring substituents is 1. The summed E-state index contributed by atoms with van der Waals surface area (Å²) in [6.45, 7) is 2.56. The first-order chi connectivity index (χ1) is 9.08. The van der Waals surface area contributed by atoms with Gasteiger partial charge in [-0.3, -0.25) is 10.1 Å². The molecule has 1 atom stereocenters. The van der Waals surface area contributed by atoms with Crippen molar-refractivity contribution in [3.8, 4) is 0 Å². The Balaban J connectivity index is 2.01. The van der Waals surface area contributed by atoms with Gasteiger partial charge in [0.1, 0.15) is 11.5 Å². The molecule has 5 nitrogen and oxygen atoms in total. The standard InChI is InChI=1S/C12H15ClFN3O2/c13-9-5-12(17(18)19)11(6-10(9)14)16-4-2-8-1-3-15-7-8/h5-6,8,15-16H,1-4,7H2. The Hall–Kier alpha value is -1.40. The molecule has 104 valence electrons. The molecule has 2 N–H and O–H groups in total. The minimum absolute atomic E-state index is 0.179. The molecule has 1 heterocycles. The number of halogens is 2. The number of nitro groups is 1. The molecule has 19 heavy (non-hydrogen) atoms. The highest BCUT2D eigenvalue weighted by atomic mass is 35.5. The van der Waals surface area contributed by atoms with Crippen LogP contribution in [0.3, 0.4) is 0 Å². The molecule has 2 rings (SSSR count). The van der Waals surface area contributed by atoms with E-state index < -0.39 is 10.7 Å². The number of anilines is 1. The number of nitrogens with one attached hydrogen (secondary N) is 2. The van der Waals surface area contributed by atoms with Crippen LogP contribution in [0.2, 0.25) is 5.02 Å². The SMILES string of the molecule is O=[N+]([O-])c1cc(Cl)c(F)cc1NCCC1CCNC1. The number of rotatable bonds is 5. The van der Waals surface area contributed by atoms with Gasteiger partial charge in [-0.25, -0.2) is 4.39 Å². The van der Waals surface area contributed by atoms with Crippen molar-refractivity contribution in [2.75, 3.05) is 25.0 Å². The minimum atomic E-state index is -0.655. The van der Waals surface area contributed by atoms with Crippen LogP contribution in [0.25, 0.3) is 0 Å². The lowest BCUT2D eigenvalue weighted by Gasteiger charge is -2.11. The molecule has 0 spiro atoms. The predicted octanol–water partition coefficient (Wildman–Crippen LogP) is 2.80. The van der Waals surface area contributed by atoms with E-state index in [2.05, 4.69) is 10.6 Å². The lowest BCUT2D eigenvalue weighted by atomic mass is 10.1. The maximum absolute atomic E-state index is 13.3. The second-order valence-electron chi connectivity index (χ2n) is 4.61. The summed E-state index contributed by atoms with van der Waals surface area (Å²) < 4.78 is 13.3. The second-order valence-corrected chi connectivity index (χ2v) is 5.02. The van der Waals surface area contributed by atoms with E-state index in [1.807, 2.05) is 0 Å². The third kappa shape index (κ3) is 3.54. The molecule has 1 saturated heterocycles. The summed E-state index contributed by atoms with van der Waals surface area (Å²) in [6, 6.07) is 2.11. The Labute approximate surface area is 115 Å². The van der Waals surface area contributed by atoms with E-state index in [1.54, 1.807) is 0 Å². The van der Waals surface area contributed by atoms with Crippen LogP contribution in [-0.2, 0) is 0 Å². The van der Waals surface area contributed by atoms with Crippen LogP contribution in [-0.4, -0.2) is 24.6 Å². The molecule has 1 aromatic carbocycles. The normalized spacial score (nSPS) is 18.5. The maximum Gasteiger partial charge on any atom is 0.294 e. The van der Waals surface area contributed by atoms with Crippen molar-refractivity contribution in [3.63, 3.8) is 0 Å². The molecule has 0 saturated carbocycles. The summed E-state index contributed by atoms with van der Waals surface area (Å²) in [6.07, 6.45) is 2.01. The van der Waals surface area contributed by atoms with Gasteiger partial charge in [0.2, 0.25) is 0 Å². The fraction of sp³-hybridized carbons (Fsp3) is 0.500. The van der Waals surface area contributed by atoms with Crippen LogP contribution < -0.4 is 10.6 Å². The molecule has 0 bridgehead atoms. The van der Waals surface area contributed by atoms with E-state index in [0.29, 0.717) is 12.5 Å². The van der Waals surface area contributed by atoms with Crippen LogP contribution in [0.15, 0.2) is 12.1 Å². The second kappa shape index (κ2) is 6.16. The number of benzene rings is 1. The largest absolute Gasteiger partial charge is 0.379 e. The molecule has 1 aliphatic heterocycles. The summed E-state index contributed by atoms with van der Waals surface area (Å²) in [5, 5.41) is 16.8. The highest BCUT2D eigenvalue weighted by molar-refractivity contribution is 6.31. The zero-order chi connectivity index (χ0) is 13.8. The molecule has 0 aliphatic carbocycles. The van der Waals surface area contributed by atoms with E-state index in [4.69, 9.17) is 11.6 Å². The molecule has 1 fully saturated rings. The topological polar surface area (TPSA) is 67.2 Å². The average Bonchev–Trinajstić information content (AvgIpc) is 2.86. The van der Waals surface area contributed by atoms with Crippen molar-refractivity contribution >= 4 is 23.0 Å². The van der Waals surface area contributed by atoms with E-state index in [9.17, 15) is 14.5 Å². The summed E-state index contributed by atoms with van der Waals surface area (Å²) in [5.41, 5.74) is -0.0196. The van der Waals surface area contributed by atoms with E-state index in [-0.39, 0.29) is 16.4 Å². The molecular weight excluding hydrogens is 273 g/mol. The van der Waals surface area contributed by atoms with Gasteiger partial charge in [-0.15, -0.1) is 0 Å². The Bertz CT molecular complexity index is 478. The lowest BCUT2D eigenvalue weighted by molar-refractivity contribution is -0.384. The minimum Gasteiger partial charge on any atom is -0.379 e. The third-order valence-electron chi connectivity index (χ3n) is 3.27. The molecule has 0 radical (unpaired) electrons. The van der Waals surface area contributed by atoms with Gasteiger partial charge in [0.05, 0.1) is 9.95 Å². The van der Waals surface area contributed by atoms with Crippen LogP contribution in [0.5, 0.6) is 0 Å². The number of hydrogen-bond donors (Lipinski definition) is 2. The van der Waals surface area contributed by atoms with E-state index >= 15 is 0 Å². The highest BCUT2D eigenvalue weighted by Crippen LogP contribution is 2.30. The van der Waals surface area contributed by atoms with Gasteiger partial charge >= 0.3 is 0 Å². The average molecular weight is 288 g/mol. The zero-order valence-corrected chi connectivity index (χ0v) is 11.0. The van der Waals surface area contributed by atoms with Gasteiger partial charge in [0, 0.05) is 18.7 Å². The van der Waals surface area contributed by atoms with Gasteiger partial charge in [-0.1, -0.05) is 11.6 Å². The Morgan fingerprint density at radius 2 is 2.37 bits per heavy atom. The summed E-state index contributed by atoms with van der Waals surface area (Å²) in [4.78, 5) is 10.3. The first-order valence-electron chi connectivity index (χ1n) is 6.16. The van der Waals surface area contributed by atoms with E-state index in [1.165, 1.54) is 0 Å². The van der Waals surface area contributed by atoms with Crippen molar-refractivity contribution in [3.05, 3.63) is 33.1 Å². The Morgan fingerprint density at radius 1 is 1.58 bits per heavy atom. The maximum atomic E-state index is 13.3. The highest BCUT2D eigenvalue weighted by Gasteiger charge is 2.18. The van der Waals surface area contributed by atoms with Crippen LogP contribution in [0.1, 0.15) is 12.8 Å². The zero-order valence-electron chi connectivity index (χ0n) is 10.3. The quantitative estimate of drug-likeness (QED) is 0.645. The van der Waals surface area contributed by atoms with Crippen molar-refractivity contribution in [2.24, 2.45) is 5.92 Å². The van der Waals surface area contributed by atoms with E-state index in [0.717, 1.165) is 38.1 Å². The van der Waals surface area contributed by atoms with Crippen molar-refractivity contribution in [2.45, 2.75) is 12.8 Å². The van der Waals surface area contributed by atoms with Crippen LogP contribution in [0, 0.1) is 21.8 Å². The number of hydrogen-bond acceptors (Lipinski definition) is 4. The van der Waals surface area contributed by atoms with Gasteiger partial charge < -0.3 is 10.6 Å². The molecule has 7 heteroatoms. The first-order valence-corrected chi connectivity index (χ1v) is 6.53. The third-order valence-corrected chi connectivity index (χ3v) is 3.56. The molecule has 0 aromatic heterocycles. The Morgan fingerprint density at radius 3 is 3.00 bits per heavy atom. The summed E-state index contributed by atoms with van der Waals surface area (Å²) >= 11 is 5.55. The van der Waals surface area contributed by atoms with Crippen molar-refractivity contribution in [1.29, 1.82) is 0 Å². The molecule has 0 amide bonds. The Kier molecular flexibility index (Phi) is 4.55. The molecule has 1 aromatic rings. The smallest absolute Gasteiger partial charge is 0.294 e. The van der Waals surface area contributed by atoms with Gasteiger partial charge in [-0.05, 0) is 31.8 Å².